The maximum Gasteiger partial charge on any atom is 0.0127 e. The molecule has 170 valence electrons. The van der Waals surface area contributed by atoms with Crippen LogP contribution in [0, 0.1) is 29.6 Å². The molecule has 5 atom stereocenters. The monoisotopic (exact) mass is 403 g/mol. The van der Waals surface area contributed by atoms with Crippen LogP contribution in [-0.2, 0) is 0 Å². The maximum atomic E-state index is 3.01. The summed E-state index contributed by atoms with van der Waals surface area (Å²) in [6.45, 7) is 11.4. The number of fused-ring (bicyclic) bond motifs is 1. The Kier molecular flexibility index (Phi) is 9.87. The van der Waals surface area contributed by atoms with E-state index in [0.29, 0.717) is 0 Å². The first kappa shape index (κ1) is 23.6. The molecule has 0 aromatic heterocycles. The van der Waals surface area contributed by atoms with Gasteiger partial charge in [0, 0.05) is 12.1 Å². The van der Waals surface area contributed by atoms with Gasteiger partial charge < -0.3 is 0 Å². The van der Waals surface area contributed by atoms with Crippen LogP contribution < -0.4 is 0 Å². The average molecular weight is 404 g/mol. The summed E-state index contributed by atoms with van der Waals surface area (Å²) >= 11 is 0. The summed E-state index contributed by atoms with van der Waals surface area (Å²) in [6, 6.07) is 1.77. The number of piperidine rings is 1. The van der Waals surface area contributed by atoms with Crippen LogP contribution in [0.1, 0.15) is 130 Å². The molecule has 1 heterocycles. The lowest BCUT2D eigenvalue weighted by Gasteiger charge is -2.49. The number of hydrogen-bond acceptors (Lipinski definition) is 1. The minimum atomic E-state index is 0.816. The van der Waals surface area contributed by atoms with Gasteiger partial charge in [-0.1, -0.05) is 91.9 Å². The molecule has 5 unspecified atom stereocenters. The minimum Gasteiger partial charge on any atom is -0.297 e. The molecule has 0 radical (unpaired) electrons. The van der Waals surface area contributed by atoms with Crippen molar-refractivity contribution in [3.8, 4) is 0 Å². The summed E-state index contributed by atoms with van der Waals surface area (Å²) in [5.41, 5.74) is 0. The van der Waals surface area contributed by atoms with Crippen LogP contribution in [0.2, 0.25) is 0 Å². The summed E-state index contributed by atoms with van der Waals surface area (Å²) < 4.78 is 0. The van der Waals surface area contributed by atoms with E-state index in [9.17, 15) is 0 Å². The molecule has 3 fully saturated rings. The lowest BCUT2D eigenvalue weighted by Crippen LogP contribution is -2.53. The molecule has 0 aromatic rings. The van der Waals surface area contributed by atoms with Crippen LogP contribution in [-0.4, -0.2) is 23.5 Å². The second-order valence-electron chi connectivity index (χ2n) is 11.6. The summed E-state index contributed by atoms with van der Waals surface area (Å²) in [5.74, 6) is 4.83. The SMILES string of the molecule is CCC(CC(C)CCCC(C(C)C)N1CCCC2CCCCC21)C1CCCCC1. The standard InChI is InChI=1S/C28H53N/c1-5-24(25-14-7-6-8-15-25)21-23(4)13-11-19-27(22(2)3)29-20-12-17-26-16-9-10-18-28(26)29/h22-28H,5-21H2,1-4H3. The molecule has 0 spiro atoms. The normalized spacial score (nSPS) is 30.1. The van der Waals surface area contributed by atoms with Gasteiger partial charge in [0.1, 0.15) is 0 Å². The third kappa shape index (κ3) is 6.72. The van der Waals surface area contributed by atoms with E-state index in [-0.39, 0.29) is 0 Å². The molecule has 1 aliphatic heterocycles. The number of hydrogen-bond donors (Lipinski definition) is 0. The molecule has 2 saturated carbocycles. The molecule has 2 aliphatic carbocycles. The molecular formula is C28H53N. The van der Waals surface area contributed by atoms with Crippen LogP contribution in [0.3, 0.4) is 0 Å². The third-order valence-corrected chi connectivity index (χ3v) is 9.22. The van der Waals surface area contributed by atoms with E-state index in [1.165, 1.54) is 109 Å². The second kappa shape index (κ2) is 12.1. The van der Waals surface area contributed by atoms with Crippen LogP contribution in [0.5, 0.6) is 0 Å². The Balaban J connectivity index is 1.46. The molecule has 0 N–H and O–H groups in total. The molecule has 3 rings (SSSR count). The molecule has 29 heavy (non-hydrogen) atoms. The molecular weight excluding hydrogens is 350 g/mol. The van der Waals surface area contributed by atoms with Crippen molar-refractivity contribution in [2.75, 3.05) is 6.54 Å². The van der Waals surface area contributed by atoms with Crippen molar-refractivity contribution >= 4 is 0 Å². The van der Waals surface area contributed by atoms with Gasteiger partial charge in [-0.2, -0.15) is 0 Å². The van der Waals surface area contributed by atoms with Gasteiger partial charge in [0.05, 0.1) is 0 Å². The number of likely N-dealkylation sites (tertiary alicyclic amines) is 1. The number of rotatable bonds is 10. The summed E-state index contributed by atoms with van der Waals surface area (Å²) in [7, 11) is 0. The van der Waals surface area contributed by atoms with Gasteiger partial charge in [-0.25, -0.2) is 0 Å². The van der Waals surface area contributed by atoms with E-state index in [1.54, 1.807) is 0 Å². The third-order valence-electron chi connectivity index (χ3n) is 9.22. The van der Waals surface area contributed by atoms with Gasteiger partial charge in [0.25, 0.3) is 0 Å². The molecule has 1 heteroatoms. The lowest BCUT2D eigenvalue weighted by atomic mass is 9.74. The number of nitrogens with zero attached hydrogens (tertiary/aromatic N) is 1. The molecule has 3 aliphatic rings. The summed E-state index contributed by atoms with van der Waals surface area (Å²) in [6.07, 6.45) is 23.8. The van der Waals surface area contributed by atoms with Crippen LogP contribution in [0.25, 0.3) is 0 Å². The van der Waals surface area contributed by atoms with Crippen molar-refractivity contribution in [3.63, 3.8) is 0 Å². The Morgan fingerprint density at radius 1 is 0.793 bits per heavy atom. The maximum absolute atomic E-state index is 3.01. The van der Waals surface area contributed by atoms with Crippen LogP contribution in [0.15, 0.2) is 0 Å². The first-order valence-corrected chi connectivity index (χ1v) is 13.9. The van der Waals surface area contributed by atoms with Crippen molar-refractivity contribution in [1.82, 2.24) is 4.90 Å². The van der Waals surface area contributed by atoms with Crippen molar-refractivity contribution in [1.29, 1.82) is 0 Å². The fourth-order valence-electron chi connectivity index (χ4n) is 7.57. The van der Waals surface area contributed by atoms with E-state index in [4.69, 9.17) is 0 Å². The Hall–Kier alpha value is -0.0400. The first-order valence-electron chi connectivity index (χ1n) is 13.9. The van der Waals surface area contributed by atoms with Crippen LogP contribution >= 0.6 is 0 Å². The molecule has 0 aromatic carbocycles. The Morgan fingerprint density at radius 3 is 2.21 bits per heavy atom. The van der Waals surface area contributed by atoms with Crippen LogP contribution in [0.4, 0.5) is 0 Å². The topological polar surface area (TPSA) is 3.24 Å². The fraction of sp³-hybridized carbons (Fsp3) is 1.00. The Bertz CT molecular complexity index is 436. The predicted octanol–water partition coefficient (Wildman–Crippen LogP) is 8.47. The highest BCUT2D eigenvalue weighted by Crippen LogP contribution is 2.39. The second-order valence-corrected chi connectivity index (χ2v) is 11.6. The van der Waals surface area contributed by atoms with E-state index >= 15 is 0 Å². The molecule has 0 bridgehead atoms. The molecule has 0 amide bonds. The highest BCUT2D eigenvalue weighted by molar-refractivity contribution is 4.91. The zero-order chi connectivity index (χ0) is 20.6. The minimum absolute atomic E-state index is 0.816. The van der Waals surface area contributed by atoms with Gasteiger partial charge in [-0.3, -0.25) is 4.90 Å². The van der Waals surface area contributed by atoms with Crippen molar-refractivity contribution in [2.24, 2.45) is 29.6 Å². The van der Waals surface area contributed by atoms with E-state index in [1.807, 2.05) is 0 Å². The van der Waals surface area contributed by atoms with Crippen molar-refractivity contribution in [3.05, 3.63) is 0 Å². The zero-order valence-electron chi connectivity index (χ0n) is 20.5. The van der Waals surface area contributed by atoms with Crippen molar-refractivity contribution in [2.45, 2.75) is 143 Å². The van der Waals surface area contributed by atoms with Crippen molar-refractivity contribution < 1.29 is 0 Å². The van der Waals surface area contributed by atoms with E-state index < -0.39 is 0 Å². The summed E-state index contributed by atoms with van der Waals surface area (Å²) in [5, 5.41) is 0. The van der Waals surface area contributed by atoms with Gasteiger partial charge >= 0.3 is 0 Å². The first-order chi connectivity index (χ1) is 14.1. The quantitative estimate of drug-likeness (QED) is 0.353. The Labute approximate surface area is 183 Å². The average Bonchev–Trinajstić information content (AvgIpc) is 2.75. The van der Waals surface area contributed by atoms with Gasteiger partial charge in [-0.05, 0) is 74.7 Å². The fourth-order valence-corrected chi connectivity index (χ4v) is 7.57. The molecule has 1 nitrogen and oxygen atoms in total. The smallest absolute Gasteiger partial charge is 0.0127 e. The van der Waals surface area contributed by atoms with Gasteiger partial charge in [0.2, 0.25) is 0 Å². The predicted molar refractivity (Wildman–Crippen MR) is 128 cm³/mol. The van der Waals surface area contributed by atoms with Gasteiger partial charge in [0.15, 0.2) is 0 Å². The van der Waals surface area contributed by atoms with E-state index in [2.05, 4.69) is 32.6 Å². The largest absolute Gasteiger partial charge is 0.297 e. The summed E-state index contributed by atoms with van der Waals surface area (Å²) in [4.78, 5) is 3.01. The lowest BCUT2D eigenvalue weighted by molar-refractivity contribution is 0.00549. The van der Waals surface area contributed by atoms with Gasteiger partial charge in [-0.15, -0.1) is 0 Å². The van der Waals surface area contributed by atoms with E-state index in [0.717, 1.165) is 41.7 Å². The highest BCUT2D eigenvalue weighted by Gasteiger charge is 2.37. The Morgan fingerprint density at radius 2 is 1.48 bits per heavy atom. The zero-order valence-corrected chi connectivity index (χ0v) is 20.5. The highest BCUT2D eigenvalue weighted by atomic mass is 15.2. The molecule has 1 saturated heterocycles.